The zero-order valence-electron chi connectivity index (χ0n) is 14.3. The van der Waals surface area contributed by atoms with Gasteiger partial charge in [-0.1, -0.05) is 0 Å². The van der Waals surface area contributed by atoms with Crippen LogP contribution >= 0.6 is 0 Å². The second-order valence-corrected chi connectivity index (χ2v) is 7.12. The van der Waals surface area contributed by atoms with Crippen molar-refractivity contribution in [1.82, 2.24) is 9.78 Å². The van der Waals surface area contributed by atoms with Crippen molar-refractivity contribution in [2.75, 3.05) is 7.11 Å². The summed E-state index contributed by atoms with van der Waals surface area (Å²) in [5.41, 5.74) is 0.302. The molecule has 11 heteroatoms. The number of methoxy groups -OCH3 is 1. The van der Waals surface area contributed by atoms with Gasteiger partial charge in [0.15, 0.2) is 11.6 Å². The molecule has 2 aromatic carbocycles. The van der Waals surface area contributed by atoms with Crippen LogP contribution in [0.15, 0.2) is 53.4 Å². The topological polar surface area (TPSA) is 87.2 Å². The maximum absolute atomic E-state index is 14.0. The molecule has 28 heavy (non-hydrogen) atoms. The molecular formula is C17H14F3N3O3SSe. The van der Waals surface area contributed by atoms with Gasteiger partial charge < -0.3 is 4.74 Å². The molecule has 0 spiro atoms. The van der Waals surface area contributed by atoms with E-state index in [0.29, 0.717) is 11.3 Å². The molecule has 3 rings (SSSR count). The van der Waals surface area contributed by atoms with Gasteiger partial charge in [-0.15, -0.1) is 0 Å². The zero-order chi connectivity index (χ0) is 19.8. The van der Waals surface area contributed by atoms with Gasteiger partial charge in [0, 0.05) is 22.6 Å². The fourth-order valence-corrected chi connectivity index (χ4v) is 3.03. The third-order valence-corrected chi connectivity index (χ3v) is 4.74. The maximum atomic E-state index is 14.0. The Kier molecular flexibility index (Phi) is 6.55. The average molecular weight is 476 g/mol. The molecule has 148 valence electrons. The normalized spacial score (nSPS) is 11.4. The smallest absolute Gasteiger partial charge is 0.282 e. The summed E-state index contributed by atoms with van der Waals surface area (Å²) in [7, 11) is -2.59. The van der Waals surface area contributed by atoms with Crippen molar-refractivity contribution in [3.63, 3.8) is 0 Å². The molecule has 0 amide bonds. The van der Waals surface area contributed by atoms with E-state index < -0.39 is 28.0 Å². The molecule has 0 bridgehead atoms. The predicted molar refractivity (Wildman–Crippen MR) is 97.6 cm³/mol. The minimum Gasteiger partial charge on any atom is -0.494 e. The van der Waals surface area contributed by atoms with E-state index in [0.717, 1.165) is 12.1 Å². The third-order valence-electron chi connectivity index (χ3n) is 3.81. The van der Waals surface area contributed by atoms with Crippen molar-refractivity contribution in [3.8, 4) is 22.7 Å². The number of ether oxygens (including phenoxy) is 1. The van der Waals surface area contributed by atoms with Gasteiger partial charge in [0.05, 0.1) is 23.4 Å². The summed E-state index contributed by atoms with van der Waals surface area (Å²) in [5.74, 6) is -0.651. The quantitative estimate of drug-likeness (QED) is 0.574. The molecule has 0 atom stereocenters. The fourth-order valence-electron chi connectivity index (χ4n) is 2.51. The minimum atomic E-state index is -3.90. The molecular weight excluding hydrogens is 462 g/mol. The molecule has 1 aromatic heterocycles. The summed E-state index contributed by atoms with van der Waals surface area (Å²) in [6.45, 7) is 0. The maximum Gasteiger partial charge on any atom is 0.282 e. The Hall–Kier alpha value is -2.33. The van der Waals surface area contributed by atoms with E-state index in [1.165, 1.54) is 48.2 Å². The van der Waals surface area contributed by atoms with Crippen molar-refractivity contribution in [3.05, 3.63) is 60.0 Å². The summed E-state index contributed by atoms with van der Waals surface area (Å²) in [6, 6.07) is 10.3. The first-order valence-corrected chi connectivity index (χ1v) is 9.10. The van der Waals surface area contributed by atoms with Gasteiger partial charge in [-0.25, -0.2) is 31.4 Å². The number of nitrogens with zero attached hydrogens (tertiary/aromatic N) is 2. The van der Waals surface area contributed by atoms with Crippen molar-refractivity contribution in [2.24, 2.45) is 5.14 Å². The molecule has 0 saturated heterocycles. The van der Waals surface area contributed by atoms with E-state index in [2.05, 4.69) is 5.10 Å². The van der Waals surface area contributed by atoms with Crippen LogP contribution in [-0.4, -0.2) is 42.4 Å². The standard InChI is InChI=1S/C17H14F3N3O3S.Se/c1-26-16-7-2-10(8-13(16)18)15-9-14(17(19)20)22-23(15)11-3-5-12(6-4-11)27(21,24)25;/h2-9,17H,1H3,(H2,21,24,25);. The summed E-state index contributed by atoms with van der Waals surface area (Å²) < 4.78 is 69.1. The number of alkyl halides is 2. The van der Waals surface area contributed by atoms with Gasteiger partial charge in [0.25, 0.3) is 6.43 Å². The summed E-state index contributed by atoms with van der Waals surface area (Å²) in [4.78, 5) is -0.135. The van der Waals surface area contributed by atoms with Gasteiger partial charge in [0.1, 0.15) is 5.69 Å². The van der Waals surface area contributed by atoms with Crippen LogP contribution in [0, 0.1) is 5.82 Å². The molecule has 0 aliphatic rings. The Balaban J connectivity index is 0.00000280. The average Bonchev–Trinajstić information content (AvgIpc) is 3.06. The molecule has 0 aliphatic heterocycles. The van der Waals surface area contributed by atoms with E-state index >= 15 is 0 Å². The number of aromatic nitrogens is 2. The van der Waals surface area contributed by atoms with Crippen LogP contribution < -0.4 is 9.88 Å². The van der Waals surface area contributed by atoms with Gasteiger partial charge in [0.2, 0.25) is 10.0 Å². The summed E-state index contributed by atoms with van der Waals surface area (Å²) in [5, 5.41) is 8.90. The van der Waals surface area contributed by atoms with Crippen molar-refractivity contribution >= 4 is 27.1 Å². The number of sulfonamides is 1. The number of halogens is 3. The predicted octanol–water partition coefficient (Wildman–Crippen LogP) is 2.89. The number of nitrogens with two attached hydrogens (primary N) is 1. The molecule has 2 radical (unpaired) electrons. The van der Waals surface area contributed by atoms with E-state index in [1.54, 1.807) is 0 Å². The van der Waals surface area contributed by atoms with Crippen LogP contribution in [0.25, 0.3) is 16.9 Å². The number of rotatable bonds is 5. The van der Waals surface area contributed by atoms with Crippen LogP contribution in [0.5, 0.6) is 5.75 Å². The van der Waals surface area contributed by atoms with Crippen LogP contribution in [0.1, 0.15) is 12.1 Å². The Morgan fingerprint density at radius 1 is 1.11 bits per heavy atom. The second-order valence-electron chi connectivity index (χ2n) is 5.56. The first-order chi connectivity index (χ1) is 12.7. The van der Waals surface area contributed by atoms with Crippen molar-refractivity contribution < 1.29 is 26.3 Å². The van der Waals surface area contributed by atoms with E-state index in [4.69, 9.17) is 9.88 Å². The van der Waals surface area contributed by atoms with Gasteiger partial charge in [-0.3, -0.25) is 0 Å². The van der Waals surface area contributed by atoms with Gasteiger partial charge in [-0.05, 0) is 48.5 Å². The van der Waals surface area contributed by atoms with Crippen LogP contribution in [0.3, 0.4) is 0 Å². The first-order valence-electron chi connectivity index (χ1n) is 7.56. The summed E-state index contributed by atoms with van der Waals surface area (Å²) in [6.07, 6.45) is -2.84. The molecule has 2 N–H and O–H groups in total. The molecule has 0 aliphatic carbocycles. The zero-order valence-corrected chi connectivity index (χ0v) is 16.9. The summed E-state index contributed by atoms with van der Waals surface area (Å²) >= 11 is 0. The second kappa shape index (κ2) is 8.36. The monoisotopic (exact) mass is 477 g/mol. The van der Waals surface area contributed by atoms with Crippen LogP contribution in [0.2, 0.25) is 0 Å². The molecule has 0 unspecified atom stereocenters. The Labute approximate surface area is 169 Å². The fraction of sp³-hybridized carbons (Fsp3) is 0.118. The molecule has 3 aromatic rings. The van der Waals surface area contributed by atoms with Gasteiger partial charge in [-0.2, -0.15) is 5.10 Å². The Bertz CT molecular complexity index is 1090. The number of primary sulfonamides is 1. The van der Waals surface area contributed by atoms with Gasteiger partial charge >= 0.3 is 0 Å². The van der Waals surface area contributed by atoms with Crippen LogP contribution in [0.4, 0.5) is 13.2 Å². The van der Waals surface area contributed by atoms with Crippen molar-refractivity contribution in [2.45, 2.75) is 11.3 Å². The van der Waals surface area contributed by atoms with E-state index in [1.807, 2.05) is 0 Å². The molecule has 1 heterocycles. The third kappa shape index (κ3) is 4.38. The van der Waals surface area contributed by atoms with E-state index in [-0.39, 0.29) is 33.4 Å². The first kappa shape index (κ1) is 22.0. The van der Waals surface area contributed by atoms with E-state index in [9.17, 15) is 21.6 Å². The number of hydrogen-bond acceptors (Lipinski definition) is 4. The molecule has 6 nitrogen and oxygen atoms in total. The number of benzene rings is 2. The van der Waals surface area contributed by atoms with Crippen LogP contribution in [-0.2, 0) is 10.0 Å². The van der Waals surface area contributed by atoms with Crippen molar-refractivity contribution in [1.29, 1.82) is 0 Å². The number of hydrogen-bond donors (Lipinski definition) is 1. The largest absolute Gasteiger partial charge is 0.494 e. The molecule has 0 saturated carbocycles. The Morgan fingerprint density at radius 3 is 2.25 bits per heavy atom. The minimum absolute atomic E-state index is 0. The molecule has 0 fully saturated rings. The Morgan fingerprint density at radius 2 is 1.75 bits per heavy atom. The SMILES string of the molecule is COc1ccc(-c2cc(C(F)F)nn2-c2ccc(S(N)(=O)=O)cc2)cc1F.[Se].